The van der Waals surface area contributed by atoms with E-state index in [9.17, 15) is 9.90 Å². The molecule has 0 radical (unpaired) electrons. The van der Waals surface area contributed by atoms with Crippen LogP contribution < -0.4 is 4.90 Å². The molecule has 3 saturated heterocycles. The summed E-state index contributed by atoms with van der Waals surface area (Å²) in [7, 11) is 0. The Kier molecular flexibility index (Phi) is 6.54. The van der Waals surface area contributed by atoms with Crippen LogP contribution in [0.3, 0.4) is 0 Å². The molecule has 2 unspecified atom stereocenters. The van der Waals surface area contributed by atoms with Crippen LogP contribution in [0.15, 0.2) is 36.5 Å². The SMILES string of the molecule is O=C1N(Cc2ncc(N3C4CCC3COC4)cc2F)CCN1C[C@H](O)CN1CCc2ccccc2C1. The van der Waals surface area contributed by atoms with Gasteiger partial charge < -0.3 is 24.5 Å². The molecule has 1 aromatic heterocycles. The molecule has 0 saturated carbocycles. The molecule has 5 heterocycles. The number of fused-ring (bicyclic) bond motifs is 3. The Morgan fingerprint density at radius 2 is 1.81 bits per heavy atom. The molecule has 3 fully saturated rings. The normalized spacial score (nSPS) is 24.9. The first-order chi connectivity index (χ1) is 17.5. The van der Waals surface area contributed by atoms with E-state index in [1.807, 2.05) is 6.07 Å². The fourth-order valence-electron chi connectivity index (χ4n) is 6.21. The van der Waals surface area contributed by atoms with Gasteiger partial charge in [-0.1, -0.05) is 24.3 Å². The summed E-state index contributed by atoms with van der Waals surface area (Å²) in [6.45, 7) is 5.04. The van der Waals surface area contributed by atoms with Gasteiger partial charge in [0.2, 0.25) is 0 Å². The smallest absolute Gasteiger partial charge is 0.320 e. The minimum absolute atomic E-state index is 0.135. The summed E-state index contributed by atoms with van der Waals surface area (Å²) in [5, 5.41) is 10.7. The van der Waals surface area contributed by atoms with Crippen LogP contribution in [0.2, 0.25) is 0 Å². The van der Waals surface area contributed by atoms with E-state index >= 15 is 4.39 Å². The number of benzene rings is 1. The molecule has 2 amide bonds. The highest BCUT2D eigenvalue weighted by atomic mass is 19.1. The Morgan fingerprint density at radius 3 is 2.58 bits per heavy atom. The highest BCUT2D eigenvalue weighted by Gasteiger charge is 2.38. The van der Waals surface area contributed by atoms with E-state index in [1.54, 1.807) is 22.1 Å². The van der Waals surface area contributed by atoms with Crippen LogP contribution in [0.4, 0.5) is 14.9 Å². The third-order valence-electron chi connectivity index (χ3n) is 8.07. The number of hydrogen-bond donors (Lipinski definition) is 1. The number of carbonyl (C=O) groups is 1. The molecule has 4 aliphatic heterocycles. The molecule has 6 rings (SSSR count). The number of nitrogens with zero attached hydrogens (tertiary/aromatic N) is 5. The first kappa shape index (κ1) is 23.6. The van der Waals surface area contributed by atoms with E-state index in [2.05, 4.69) is 33.0 Å². The summed E-state index contributed by atoms with van der Waals surface area (Å²) in [4.78, 5) is 25.2. The Bertz CT molecular complexity index is 1100. The van der Waals surface area contributed by atoms with Crippen molar-refractivity contribution in [3.63, 3.8) is 0 Å². The van der Waals surface area contributed by atoms with E-state index in [0.29, 0.717) is 32.8 Å². The first-order valence-electron chi connectivity index (χ1n) is 13.1. The lowest BCUT2D eigenvalue weighted by molar-refractivity contribution is 0.0811. The number of urea groups is 1. The van der Waals surface area contributed by atoms with Crippen molar-refractivity contribution < 1.29 is 19.0 Å². The summed E-state index contributed by atoms with van der Waals surface area (Å²) in [6, 6.07) is 10.4. The summed E-state index contributed by atoms with van der Waals surface area (Å²) in [5.41, 5.74) is 3.76. The van der Waals surface area contributed by atoms with Gasteiger partial charge in [0.25, 0.3) is 0 Å². The second-order valence-corrected chi connectivity index (χ2v) is 10.5. The van der Waals surface area contributed by atoms with E-state index < -0.39 is 6.10 Å². The van der Waals surface area contributed by atoms with Crippen molar-refractivity contribution in [3.05, 3.63) is 59.2 Å². The van der Waals surface area contributed by atoms with Gasteiger partial charge in [-0.3, -0.25) is 9.88 Å². The minimum Gasteiger partial charge on any atom is -0.390 e. The number of hydrogen-bond acceptors (Lipinski definition) is 6. The number of rotatable bonds is 7. The van der Waals surface area contributed by atoms with Crippen LogP contribution in [0.25, 0.3) is 0 Å². The third-order valence-corrected chi connectivity index (χ3v) is 8.07. The standard InChI is InChI=1S/C27H34FN5O3/c28-25-11-23(33-21-5-6-22(33)18-36-17-21)12-29-26(25)16-32-10-9-31(27(32)35)15-24(34)14-30-8-7-19-3-1-2-4-20(19)13-30/h1-4,11-12,21-22,24,34H,5-10,13-18H2/t21?,22?,24-/m1/s1. The number of β-amino-alcohol motifs (C(OH)–C–C–N with tert-alkyl or cyclic N) is 1. The average molecular weight is 496 g/mol. The van der Waals surface area contributed by atoms with E-state index in [-0.39, 0.29) is 42.7 Å². The highest BCUT2D eigenvalue weighted by molar-refractivity contribution is 5.76. The molecule has 4 aliphatic rings. The predicted molar refractivity (Wildman–Crippen MR) is 133 cm³/mol. The third kappa shape index (κ3) is 4.67. The Hall–Kier alpha value is -2.75. The number of ether oxygens (including phenoxy) is 1. The first-order valence-corrected chi connectivity index (χ1v) is 13.1. The maximum absolute atomic E-state index is 15.0. The lowest BCUT2D eigenvalue weighted by Gasteiger charge is -2.36. The van der Waals surface area contributed by atoms with Gasteiger partial charge >= 0.3 is 6.03 Å². The molecule has 0 aliphatic carbocycles. The molecule has 3 atom stereocenters. The van der Waals surface area contributed by atoms with E-state index in [1.165, 1.54) is 11.1 Å². The maximum atomic E-state index is 15.0. The molecule has 1 N–H and O–H groups in total. The van der Waals surface area contributed by atoms with Crippen LogP contribution >= 0.6 is 0 Å². The second kappa shape index (κ2) is 9.95. The summed E-state index contributed by atoms with van der Waals surface area (Å²) in [6.07, 6.45) is 4.20. The number of amides is 2. The Labute approximate surface area is 211 Å². The van der Waals surface area contributed by atoms with Crippen molar-refractivity contribution in [1.82, 2.24) is 19.7 Å². The molecule has 9 heteroatoms. The number of halogens is 1. The van der Waals surface area contributed by atoms with Crippen molar-refractivity contribution in [2.45, 2.75) is 50.5 Å². The van der Waals surface area contributed by atoms with Gasteiger partial charge in [-0.25, -0.2) is 9.18 Å². The highest BCUT2D eigenvalue weighted by Crippen LogP contribution is 2.34. The van der Waals surface area contributed by atoms with Crippen molar-refractivity contribution in [1.29, 1.82) is 0 Å². The number of aliphatic hydroxyl groups is 1. The fourth-order valence-corrected chi connectivity index (χ4v) is 6.21. The van der Waals surface area contributed by atoms with Crippen LogP contribution in [0.5, 0.6) is 0 Å². The van der Waals surface area contributed by atoms with Gasteiger partial charge in [-0.2, -0.15) is 0 Å². The van der Waals surface area contributed by atoms with Crippen molar-refractivity contribution >= 4 is 11.7 Å². The molecule has 8 nitrogen and oxygen atoms in total. The monoisotopic (exact) mass is 495 g/mol. The van der Waals surface area contributed by atoms with Crippen LogP contribution in [-0.2, 0) is 24.2 Å². The predicted octanol–water partition coefficient (Wildman–Crippen LogP) is 2.25. The second-order valence-electron chi connectivity index (χ2n) is 10.5. The number of pyridine rings is 1. The van der Waals surface area contributed by atoms with Crippen LogP contribution in [0.1, 0.15) is 29.7 Å². The number of aromatic nitrogens is 1. The molecule has 2 bridgehead atoms. The van der Waals surface area contributed by atoms with Gasteiger partial charge in [-0.15, -0.1) is 0 Å². The number of anilines is 1. The largest absolute Gasteiger partial charge is 0.390 e. The zero-order valence-corrected chi connectivity index (χ0v) is 20.6. The average Bonchev–Trinajstić information content (AvgIpc) is 3.34. The quantitative estimate of drug-likeness (QED) is 0.635. The molecular formula is C27H34FN5O3. The van der Waals surface area contributed by atoms with Crippen molar-refractivity contribution in [2.75, 3.05) is 50.8 Å². The summed E-state index contributed by atoms with van der Waals surface area (Å²) in [5.74, 6) is -0.380. The van der Waals surface area contributed by atoms with Gasteiger partial charge in [-0.05, 0) is 30.4 Å². The Balaban J connectivity index is 1.03. The van der Waals surface area contributed by atoms with Crippen LogP contribution in [-0.4, -0.2) is 94.9 Å². The van der Waals surface area contributed by atoms with Gasteiger partial charge in [0, 0.05) is 45.3 Å². The van der Waals surface area contributed by atoms with Crippen LogP contribution in [0, 0.1) is 5.82 Å². The lowest BCUT2D eigenvalue weighted by atomic mass is 10.00. The summed E-state index contributed by atoms with van der Waals surface area (Å²) >= 11 is 0. The molecule has 2 aromatic rings. The molecule has 0 spiro atoms. The number of carbonyl (C=O) groups excluding carboxylic acids is 1. The minimum atomic E-state index is -0.628. The van der Waals surface area contributed by atoms with E-state index in [4.69, 9.17) is 4.74 Å². The van der Waals surface area contributed by atoms with Crippen molar-refractivity contribution in [3.8, 4) is 0 Å². The van der Waals surface area contributed by atoms with Crippen molar-refractivity contribution in [2.24, 2.45) is 0 Å². The molecule has 36 heavy (non-hydrogen) atoms. The number of morpholine rings is 1. The molecular weight excluding hydrogens is 461 g/mol. The zero-order chi connectivity index (χ0) is 24.6. The van der Waals surface area contributed by atoms with Gasteiger partial charge in [0.15, 0.2) is 0 Å². The molecule has 1 aromatic carbocycles. The Morgan fingerprint density at radius 1 is 1.06 bits per heavy atom. The summed E-state index contributed by atoms with van der Waals surface area (Å²) < 4.78 is 20.6. The number of aliphatic hydroxyl groups excluding tert-OH is 1. The maximum Gasteiger partial charge on any atom is 0.320 e. The van der Waals surface area contributed by atoms with Gasteiger partial charge in [0.05, 0.1) is 55.5 Å². The lowest BCUT2D eigenvalue weighted by Crippen LogP contribution is -2.46. The molecule has 192 valence electrons. The zero-order valence-electron chi connectivity index (χ0n) is 20.6. The van der Waals surface area contributed by atoms with E-state index in [0.717, 1.165) is 38.0 Å². The topological polar surface area (TPSA) is 72.4 Å². The van der Waals surface area contributed by atoms with Gasteiger partial charge in [0.1, 0.15) is 5.82 Å². The fraction of sp³-hybridized carbons (Fsp3) is 0.556.